The predicted octanol–water partition coefficient (Wildman–Crippen LogP) is 3.97. The number of benzene rings is 2. The first-order valence-corrected chi connectivity index (χ1v) is 10.7. The molecular formula is C23H23N3O3S. The van der Waals surface area contributed by atoms with E-state index in [1.165, 1.54) is 11.3 Å². The van der Waals surface area contributed by atoms with Crippen molar-refractivity contribution in [3.05, 3.63) is 76.5 Å². The van der Waals surface area contributed by atoms with Crippen molar-refractivity contribution in [1.29, 1.82) is 0 Å². The van der Waals surface area contributed by atoms with E-state index in [1.54, 1.807) is 37.4 Å². The quantitative estimate of drug-likeness (QED) is 0.677. The van der Waals surface area contributed by atoms with Crippen molar-refractivity contribution in [1.82, 2.24) is 4.90 Å². The lowest BCUT2D eigenvalue weighted by molar-refractivity contribution is 0.0746. The highest BCUT2D eigenvalue weighted by atomic mass is 32.1. The highest BCUT2D eigenvalue weighted by Gasteiger charge is 2.23. The number of para-hydroxylation sites is 2. The number of rotatable bonds is 5. The summed E-state index contributed by atoms with van der Waals surface area (Å²) < 4.78 is 5.45. The van der Waals surface area contributed by atoms with Crippen LogP contribution >= 0.6 is 11.3 Å². The van der Waals surface area contributed by atoms with Crippen molar-refractivity contribution in [3.8, 4) is 5.75 Å². The Bertz CT molecular complexity index is 1010. The van der Waals surface area contributed by atoms with Crippen LogP contribution in [0.4, 0.5) is 11.4 Å². The van der Waals surface area contributed by atoms with Crippen molar-refractivity contribution >= 4 is 34.5 Å². The molecule has 154 valence electrons. The zero-order valence-electron chi connectivity index (χ0n) is 16.7. The lowest BCUT2D eigenvalue weighted by Gasteiger charge is -2.36. The van der Waals surface area contributed by atoms with Gasteiger partial charge in [0.15, 0.2) is 0 Å². The number of methoxy groups -OCH3 is 1. The number of piperazine rings is 1. The minimum atomic E-state index is -0.142. The van der Waals surface area contributed by atoms with E-state index in [2.05, 4.69) is 10.2 Å². The summed E-state index contributed by atoms with van der Waals surface area (Å²) in [5.41, 5.74) is 2.35. The summed E-state index contributed by atoms with van der Waals surface area (Å²) in [6, 6.07) is 18.6. The number of hydrogen-bond acceptors (Lipinski definition) is 5. The average Bonchev–Trinajstić information content (AvgIpc) is 3.34. The molecule has 1 fully saturated rings. The Morgan fingerprint density at radius 3 is 2.33 bits per heavy atom. The fourth-order valence-electron chi connectivity index (χ4n) is 3.52. The zero-order chi connectivity index (χ0) is 20.9. The number of carbonyl (C=O) groups excluding carboxylic acids is 2. The van der Waals surface area contributed by atoms with Crippen molar-refractivity contribution < 1.29 is 14.3 Å². The van der Waals surface area contributed by atoms with Crippen molar-refractivity contribution in [2.45, 2.75) is 0 Å². The Morgan fingerprint density at radius 2 is 1.67 bits per heavy atom. The molecule has 1 aliphatic rings. The Labute approximate surface area is 179 Å². The second-order valence-electron chi connectivity index (χ2n) is 6.96. The maximum atomic E-state index is 12.9. The number of nitrogens with one attached hydrogen (secondary N) is 1. The van der Waals surface area contributed by atoms with Gasteiger partial charge in [-0.05, 0) is 47.8 Å². The lowest BCUT2D eigenvalue weighted by Crippen LogP contribution is -2.48. The smallest absolute Gasteiger partial charge is 0.265 e. The van der Waals surface area contributed by atoms with Crippen LogP contribution in [0.5, 0.6) is 5.75 Å². The van der Waals surface area contributed by atoms with Gasteiger partial charge in [0.1, 0.15) is 5.75 Å². The van der Waals surface area contributed by atoms with Crippen LogP contribution < -0.4 is 15.0 Å². The molecule has 2 heterocycles. The molecule has 0 unspecified atom stereocenters. The summed E-state index contributed by atoms with van der Waals surface area (Å²) in [4.78, 5) is 29.8. The summed E-state index contributed by atoms with van der Waals surface area (Å²) in [5.74, 6) is 0.708. The number of anilines is 2. The molecule has 7 heteroatoms. The van der Waals surface area contributed by atoms with E-state index in [4.69, 9.17) is 4.74 Å². The molecule has 2 amide bonds. The maximum Gasteiger partial charge on any atom is 0.265 e. The molecule has 0 radical (unpaired) electrons. The van der Waals surface area contributed by atoms with Gasteiger partial charge >= 0.3 is 0 Å². The molecule has 30 heavy (non-hydrogen) atoms. The topological polar surface area (TPSA) is 61.9 Å². The van der Waals surface area contributed by atoms with Gasteiger partial charge in [0.2, 0.25) is 0 Å². The molecule has 6 nitrogen and oxygen atoms in total. The van der Waals surface area contributed by atoms with Crippen LogP contribution in [0.15, 0.2) is 66.0 Å². The van der Waals surface area contributed by atoms with E-state index in [0.29, 0.717) is 29.2 Å². The Hall–Kier alpha value is -3.32. The molecule has 1 aliphatic heterocycles. The third kappa shape index (κ3) is 4.31. The van der Waals surface area contributed by atoms with Crippen LogP contribution in [0.3, 0.4) is 0 Å². The van der Waals surface area contributed by atoms with Gasteiger partial charge in [0, 0.05) is 37.4 Å². The van der Waals surface area contributed by atoms with E-state index < -0.39 is 0 Å². The highest BCUT2D eigenvalue weighted by molar-refractivity contribution is 7.12. The molecule has 0 spiro atoms. The Balaban J connectivity index is 1.35. The standard InChI is InChI=1S/C23H23N3O3S/c1-29-20-6-3-2-5-19(20)25-12-14-26(15-13-25)23(28)17-8-10-18(11-9-17)24-22(27)21-7-4-16-30-21/h2-11,16H,12-15H2,1H3,(H,24,27). The second-order valence-corrected chi connectivity index (χ2v) is 7.91. The van der Waals surface area contributed by atoms with Crippen LogP contribution in [0.25, 0.3) is 0 Å². The molecule has 1 saturated heterocycles. The van der Waals surface area contributed by atoms with E-state index >= 15 is 0 Å². The van der Waals surface area contributed by atoms with E-state index in [1.807, 2.05) is 40.6 Å². The van der Waals surface area contributed by atoms with E-state index in [0.717, 1.165) is 24.5 Å². The molecule has 0 saturated carbocycles. The minimum absolute atomic E-state index is 0.00538. The Morgan fingerprint density at radius 1 is 0.933 bits per heavy atom. The highest BCUT2D eigenvalue weighted by Crippen LogP contribution is 2.28. The number of nitrogens with zero attached hydrogens (tertiary/aromatic N) is 2. The summed E-state index contributed by atoms with van der Waals surface area (Å²) in [6.07, 6.45) is 0. The molecule has 0 aliphatic carbocycles. The van der Waals surface area contributed by atoms with Gasteiger partial charge in [0.25, 0.3) is 11.8 Å². The lowest BCUT2D eigenvalue weighted by atomic mass is 10.1. The first kappa shape index (κ1) is 20.0. The van der Waals surface area contributed by atoms with E-state index in [-0.39, 0.29) is 11.8 Å². The van der Waals surface area contributed by atoms with Crippen LogP contribution in [0.1, 0.15) is 20.0 Å². The molecule has 3 aromatic rings. The minimum Gasteiger partial charge on any atom is -0.495 e. The van der Waals surface area contributed by atoms with Crippen molar-refractivity contribution in [3.63, 3.8) is 0 Å². The summed E-state index contributed by atoms with van der Waals surface area (Å²) in [6.45, 7) is 2.80. The summed E-state index contributed by atoms with van der Waals surface area (Å²) >= 11 is 1.39. The predicted molar refractivity (Wildman–Crippen MR) is 120 cm³/mol. The van der Waals surface area contributed by atoms with Crippen LogP contribution in [0.2, 0.25) is 0 Å². The fraction of sp³-hybridized carbons (Fsp3) is 0.217. The van der Waals surface area contributed by atoms with Gasteiger partial charge < -0.3 is 19.9 Å². The average molecular weight is 422 g/mol. The SMILES string of the molecule is COc1ccccc1N1CCN(C(=O)c2ccc(NC(=O)c3cccs3)cc2)CC1. The van der Waals surface area contributed by atoms with Gasteiger partial charge in [0.05, 0.1) is 17.7 Å². The zero-order valence-corrected chi connectivity index (χ0v) is 17.5. The van der Waals surface area contributed by atoms with Gasteiger partial charge in [-0.25, -0.2) is 0 Å². The van der Waals surface area contributed by atoms with Gasteiger partial charge in [-0.1, -0.05) is 18.2 Å². The van der Waals surface area contributed by atoms with Crippen LogP contribution in [0, 0.1) is 0 Å². The number of carbonyl (C=O) groups is 2. The molecular weight excluding hydrogens is 398 g/mol. The molecule has 0 bridgehead atoms. The molecule has 1 N–H and O–H groups in total. The van der Waals surface area contributed by atoms with Gasteiger partial charge in [-0.2, -0.15) is 0 Å². The maximum absolute atomic E-state index is 12.9. The molecule has 2 aromatic carbocycles. The third-order valence-corrected chi connectivity index (χ3v) is 6.00. The van der Waals surface area contributed by atoms with Crippen molar-refractivity contribution in [2.24, 2.45) is 0 Å². The van der Waals surface area contributed by atoms with Crippen molar-refractivity contribution in [2.75, 3.05) is 43.5 Å². The molecule has 1 aromatic heterocycles. The first-order valence-electron chi connectivity index (χ1n) is 9.78. The largest absolute Gasteiger partial charge is 0.495 e. The first-order chi connectivity index (χ1) is 14.7. The monoisotopic (exact) mass is 421 g/mol. The molecule has 0 atom stereocenters. The fourth-order valence-corrected chi connectivity index (χ4v) is 4.14. The summed E-state index contributed by atoms with van der Waals surface area (Å²) in [5, 5.41) is 4.72. The van der Waals surface area contributed by atoms with Gasteiger partial charge in [-0.3, -0.25) is 9.59 Å². The second kappa shape index (κ2) is 9.00. The normalized spacial score (nSPS) is 13.8. The van der Waals surface area contributed by atoms with E-state index in [9.17, 15) is 9.59 Å². The van der Waals surface area contributed by atoms with Crippen LogP contribution in [-0.4, -0.2) is 50.0 Å². The third-order valence-electron chi connectivity index (χ3n) is 5.13. The number of thiophene rings is 1. The Kier molecular flexibility index (Phi) is 5.99. The van der Waals surface area contributed by atoms with Crippen LogP contribution in [-0.2, 0) is 0 Å². The number of amides is 2. The van der Waals surface area contributed by atoms with Gasteiger partial charge in [-0.15, -0.1) is 11.3 Å². The number of ether oxygens (including phenoxy) is 1. The summed E-state index contributed by atoms with van der Waals surface area (Å²) in [7, 11) is 1.67. The number of hydrogen-bond donors (Lipinski definition) is 1. The molecule has 4 rings (SSSR count).